The maximum Gasteiger partial charge on any atom is 0.489 e. The molecule has 2 N–H and O–H groups in total. The average molecular weight is 353 g/mol. The second kappa shape index (κ2) is 6.49. The van der Waals surface area contributed by atoms with Gasteiger partial charge in [-0.3, -0.25) is 0 Å². The van der Waals surface area contributed by atoms with E-state index < -0.39 is 7.12 Å². The summed E-state index contributed by atoms with van der Waals surface area (Å²) in [6.07, 6.45) is 0. The zero-order chi connectivity index (χ0) is 15.5. The minimum atomic E-state index is -1.51. The van der Waals surface area contributed by atoms with Crippen molar-refractivity contribution in [2.45, 2.75) is 0 Å². The Morgan fingerprint density at radius 3 is 2.00 bits per heavy atom. The maximum absolute atomic E-state index is 9.66. The highest BCUT2D eigenvalue weighted by Gasteiger charge is 2.19. The molecule has 0 aliphatic carbocycles. The first kappa shape index (κ1) is 15.0. The third-order valence-electron chi connectivity index (χ3n) is 3.60. The van der Waals surface area contributed by atoms with E-state index in [1.54, 1.807) is 6.07 Å². The summed E-state index contributed by atoms with van der Waals surface area (Å²) in [7, 11) is -1.51. The van der Waals surface area contributed by atoms with Gasteiger partial charge in [0.15, 0.2) is 0 Å². The molecule has 0 radical (unpaired) electrons. The molecule has 0 amide bonds. The van der Waals surface area contributed by atoms with Crippen LogP contribution in [0, 0.1) is 0 Å². The Kier molecular flexibility index (Phi) is 4.43. The van der Waals surface area contributed by atoms with E-state index in [9.17, 15) is 10.0 Å². The molecule has 0 bridgehead atoms. The highest BCUT2D eigenvalue weighted by atomic mass is 79.9. The van der Waals surface area contributed by atoms with Gasteiger partial charge in [0.1, 0.15) is 0 Å². The van der Waals surface area contributed by atoms with E-state index in [0.29, 0.717) is 5.46 Å². The van der Waals surface area contributed by atoms with Crippen molar-refractivity contribution in [2.24, 2.45) is 0 Å². The summed E-state index contributed by atoms with van der Waals surface area (Å²) < 4.78 is 0.898. The first-order valence-electron chi connectivity index (χ1n) is 6.97. The van der Waals surface area contributed by atoms with Crippen molar-refractivity contribution in [1.29, 1.82) is 0 Å². The van der Waals surface area contributed by atoms with Gasteiger partial charge in [-0.25, -0.2) is 0 Å². The molecule has 2 nitrogen and oxygen atoms in total. The molecule has 3 rings (SSSR count). The zero-order valence-corrected chi connectivity index (χ0v) is 13.4. The van der Waals surface area contributed by atoms with Crippen molar-refractivity contribution in [3.8, 4) is 22.3 Å². The van der Waals surface area contributed by atoms with Crippen LogP contribution in [0.25, 0.3) is 22.3 Å². The molecule has 0 saturated heterocycles. The fourth-order valence-electron chi connectivity index (χ4n) is 2.57. The summed E-state index contributed by atoms with van der Waals surface area (Å²) >= 11 is 3.46. The highest BCUT2D eigenvalue weighted by molar-refractivity contribution is 9.10. The van der Waals surface area contributed by atoms with Crippen molar-refractivity contribution in [1.82, 2.24) is 0 Å². The smallest absolute Gasteiger partial charge is 0.423 e. The summed E-state index contributed by atoms with van der Waals surface area (Å²) in [4.78, 5) is 0. The number of hydrogen-bond acceptors (Lipinski definition) is 2. The minimum absolute atomic E-state index is 0.492. The van der Waals surface area contributed by atoms with Crippen LogP contribution in [0.15, 0.2) is 77.3 Å². The van der Waals surface area contributed by atoms with Crippen molar-refractivity contribution in [2.75, 3.05) is 0 Å². The molecular weight excluding hydrogens is 339 g/mol. The molecule has 0 aliphatic rings. The summed E-state index contributed by atoms with van der Waals surface area (Å²) in [6, 6.07) is 23.5. The van der Waals surface area contributed by atoms with Crippen LogP contribution >= 0.6 is 15.9 Å². The lowest BCUT2D eigenvalue weighted by Crippen LogP contribution is -2.31. The number of hydrogen-bond donors (Lipinski definition) is 2. The summed E-state index contributed by atoms with van der Waals surface area (Å²) in [5.74, 6) is 0. The van der Waals surface area contributed by atoms with E-state index in [1.807, 2.05) is 66.7 Å². The van der Waals surface area contributed by atoms with E-state index in [4.69, 9.17) is 0 Å². The quantitative estimate of drug-likeness (QED) is 0.708. The van der Waals surface area contributed by atoms with Crippen LogP contribution in [0.4, 0.5) is 0 Å². The van der Waals surface area contributed by atoms with Crippen molar-refractivity contribution < 1.29 is 10.0 Å². The SMILES string of the molecule is OB(O)c1ccc(Br)cc1-c1ccccc1-c1ccccc1. The first-order chi connectivity index (χ1) is 10.7. The van der Waals surface area contributed by atoms with Gasteiger partial charge in [-0.15, -0.1) is 0 Å². The van der Waals surface area contributed by atoms with Gasteiger partial charge >= 0.3 is 7.12 Å². The van der Waals surface area contributed by atoms with Gasteiger partial charge < -0.3 is 10.0 Å². The average Bonchev–Trinajstić information content (AvgIpc) is 2.55. The summed E-state index contributed by atoms with van der Waals surface area (Å²) in [6.45, 7) is 0. The largest absolute Gasteiger partial charge is 0.489 e. The third-order valence-corrected chi connectivity index (χ3v) is 4.09. The molecule has 0 fully saturated rings. The molecule has 0 saturated carbocycles. The number of rotatable bonds is 3. The van der Waals surface area contributed by atoms with Crippen LogP contribution in [0.5, 0.6) is 0 Å². The molecule has 3 aromatic carbocycles. The third kappa shape index (κ3) is 3.00. The van der Waals surface area contributed by atoms with Gasteiger partial charge in [-0.05, 0) is 39.8 Å². The zero-order valence-electron chi connectivity index (χ0n) is 11.8. The van der Waals surface area contributed by atoms with Gasteiger partial charge in [0.25, 0.3) is 0 Å². The molecular formula is C18H14BBrO2. The van der Waals surface area contributed by atoms with Crippen LogP contribution in [-0.2, 0) is 0 Å². The molecule has 0 aromatic heterocycles. The van der Waals surface area contributed by atoms with E-state index in [2.05, 4.69) is 15.9 Å². The maximum atomic E-state index is 9.66. The second-order valence-corrected chi connectivity index (χ2v) is 5.93. The molecule has 0 heterocycles. The van der Waals surface area contributed by atoms with E-state index in [-0.39, 0.29) is 0 Å². The lowest BCUT2D eigenvalue weighted by molar-refractivity contribution is 0.426. The van der Waals surface area contributed by atoms with Crippen molar-refractivity contribution >= 4 is 28.5 Å². The molecule has 22 heavy (non-hydrogen) atoms. The Labute approximate surface area is 138 Å². The first-order valence-corrected chi connectivity index (χ1v) is 7.76. The fraction of sp³-hybridized carbons (Fsp3) is 0. The van der Waals surface area contributed by atoms with Gasteiger partial charge in [0.2, 0.25) is 0 Å². The van der Waals surface area contributed by atoms with Gasteiger partial charge in [-0.2, -0.15) is 0 Å². The van der Waals surface area contributed by atoms with Crippen LogP contribution in [0.3, 0.4) is 0 Å². The standard InChI is InChI=1S/C18H14BBrO2/c20-14-10-11-18(19(21)22)17(12-14)16-9-5-4-8-15(16)13-6-2-1-3-7-13/h1-12,21-22H. The molecule has 108 valence electrons. The topological polar surface area (TPSA) is 40.5 Å². The summed E-state index contributed by atoms with van der Waals surface area (Å²) in [5.41, 5.74) is 4.42. The predicted molar refractivity (Wildman–Crippen MR) is 94.8 cm³/mol. The minimum Gasteiger partial charge on any atom is -0.423 e. The Balaban J connectivity index is 2.24. The van der Waals surface area contributed by atoms with Crippen LogP contribution in [-0.4, -0.2) is 17.2 Å². The lowest BCUT2D eigenvalue weighted by atomic mass is 9.74. The van der Waals surface area contributed by atoms with Crippen LogP contribution in [0.2, 0.25) is 0 Å². The Bertz CT molecular complexity index is 788. The van der Waals surface area contributed by atoms with Crippen LogP contribution < -0.4 is 5.46 Å². The number of benzene rings is 3. The lowest BCUT2D eigenvalue weighted by Gasteiger charge is -2.14. The number of halogens is 1. The van der Waals surface area contributed by atoms with Gasteiger partial charge in [0.05, 0.1) is 0 Å². The van der Waals surface area contributed by atoms with E-state index in [1.165, 1.54) is 0 Å². The fourth-order valence-corrected chi connectivity index (χ4v) is 2.94. The molecule has 0 spiro atoms. The van der Waals surface area contributed by atoms with Gasteiger partial charge in [0, 0.05) is 4.47 Å². The summed E-state index contributed by atoms with van der Waals surface area (Å²) in [5, 5.41) is 19.3. The van der Waals surface area contributed by atoms with E-state index >= 15 is 0 Å². The van der Waals surface area contributed by atoms with Crippen molar-refractivity contribution in [3.05, 3.63) is 77.3 Å². The Hall–Kier alpha value is -1.88. The monoisotopic (exact) mass is 352 g/mol. The second-order valence-electron chi connectivity index (χ2n) is 5.02. The Morgan fingerprint density at radius 1 is 0.682 bits per heavy atom. The normalized spacial score (nSPS) is 10.5. The Morgan fingerprint density at radius 2 is 1.32 bits per heavy atom. The van der Waals surface area contributed by atoms with E-state index in [0.717, 1.165) is 26.7 Å². The predicted octanol–water partition coefficient (Wildman–Crippen LogP) is 3.46. The molecule has 0 aliphatic heterocycles. The molecule has 0 unspecified atom stereocenters. The van der Waals surface area contributed by atoms with Crippen molar-refractivity contribution in [3.63, 3.8) is 0 Å². The molecule has 4 heteroatoms. The molecule has 0 atom stereocenters. The van der Waals surface area contributed by atoms with Gasteiger partial charge in [-0.1, -0.05) is 76.6 Å². The highest BCUT2D eigenvalue weighted by Crippen LogP contribution is 2.32. The van der Waals surface area contributed by atoms with Crippen LogP contribution in [0.1, 0.15) is 0 Å². The molecule has 3 aromatic rings.